The van der Waals surface area contributed by atoms with Crippen LogP contribution < -0.4 is 0 Å². The Morgan fingerprint density at radius 1 is 1.36 bits per heavy atom. The third-order valence-electron chi connectivity index (χ3n) is 2.17. The van der Waals surface area contributed by atoms with Crippen LogP contribution in [0.1, 0.15) is 6.92 Å². The van der Waals surface area contributed by atoms with Gasteiger partial charge in [-0.3, -0.25) is 0 Å². The van der Waals surface area contributed by atoms with E-state index in [1.165, 1.54) is 10.9 Å². The van der Waals surface area contributed by atoms with Gasteiger partial charge < -0.3 is 9.30 Å². The van der Waals surface area contributed by atoms with Gasteiger partial charge in [-0.15, -0.1) is 0 Å². The summed E-state index contributed by atoms with van der Waals surface area (Å²) >= 11 is 3.45. The number of nitrogens with zero attached hydrogens (tertiary/aromatic N) is 1. The predicted molar refractivity (Wildman–Crippen MR) is 61.3 cm³/mol. The summed E-state index contributed by atoms with van der Waals surface area (Å²) < 4.78 is 8.58. The quantitative estimate of drug-likeness (QED) is 0.818. The molecule has 0 fully saturated rings. The molecule has 0 saturated carbocycles. The Balaban J connectivity index is 2.37. The van der Waals surface area contributed by atoms with E-state index in [-0.39, 0.29) is 0 Å². The maximum atomic E-state index is 5.37. The van der Waals surface area contributed by atoms with Crippen molar-refractivity contribution < 1.29 is 4.74 Å². The molecule has 0 saturated heterocycles. The fourth-order valence-corrected chi connectivity index (χ4v) is 1.85. The van der Waals surface area contributed by atoms with Crippen LogP contribution in [0, 0.1) is 0 Å². The van der Waals surface area contributed by atoms with Crippen LogP contribution in [0.15, 0.2) is 34.9 Å². The van der Waals surface area contributed by atoms with E-state index >= 15 is 0 Å². The molecular weight excluding hydrogens is 242 g/mol. The first-order valence-electron chi connectivity index (χ1n) is 4.63. The molecule has 0 aliphatic carbocycles. The van der Waals surface area contributed by atoms with Gasteiger partial charge in [0, 0.05) is 22.7 Å². The van der Waals surface area contributed by atoms with Gasteiger partial charge in [-0.1, -0.05) is 15.9 Å². The first kappa shape index (κ1) is 9.74. The van der Waals surface area contributed by atoms with Crippen molar-refractivity contribution in [2.24, 2.45) is 0 Å². The van der Waals surface area contributed by atoms with Crippen LogP contribution in [0.3, 0.4) is 0 Å². The standard InChI is InChI=1S/C11H12BrNO/c1-2-14-8-13-6-5-9-7-10(12)3-4-11(9)13/h3-7H,2,8H2,1H3. The summed E-state index contributed by atoms with van der Waals surface area (Å²) in [4.78, 5) is 0. The minimum atomic E-state index is 0.627. The minimum Gasteiger partial charge on any atom is -0.361 e. The van der Waals surface area contributed by atoms with Gasteiger partial charge in [-0.2, -0.15) is 0 Å². The Morgan fingerprint density at radius 2 is 2.21 bits per heavy atom. The summed E-state index contributed by atoms with van der Waals surface area (Å²) in [6.45, 7) is 3.38. The number of hydrogen-bond donors (Lipinski definition) is 0. The fraction of sp³-hybridized carbons (Fsp3) is 0.273. The summed E-state index contributed by atoms with van der Waals surface area (Å²) in [7, 11) is 0. The van der Waals surface area contributed by atoms with Crippen molar-refractivity contribution in [3.8, 4) is 0 Å². The molecule has 0 radical (unpaired) electrons. The molecule has 0 bridgehead atoms. The van der Waals surface area contributed by atoms with Gasteiger partial charge in [0.25, 0.3) is 0 Å². The highest BCUT2D eigenvalue weighted by Crippen LogP contribution is 2.20. The molecule has 0 atom stereocenters. The summed E-state index contributed by atoms with van der Waals surface area (Å²) in [6.07, 6.45) is 2.05. The Bertz CT molecular complexity index is 436. The van der Waals surface area contributed by atoms with Crippen LogP contribution in [-0.2, 0) is 11.5 Å². The summed E-state index contributed by atoms with van der Waals surface area (Å²) in [5.41, 5.74) is 1.21. The van der Waals surface area contributed by atoms with Crippen molar-refractivity contribution in [2.45, 2.75) is 13.7 Å². The van der Waals surface area contributed by atoms with Crippen LogP contribution in [0.4, 0.5) is 0 Å². The van der Waals surface area contributed by atoms with E-state index in [1.807, 2.05) is 19.2 Å². The smallest absolute Gasteiger partial charge is 0.122 e. The van der Waals surface area contributed by atoms with Crippen molar-refractivity contribution >= 4 is 26.8 Å². The number of hydrogen-bond acceptors (Lipinski definition) is 1. The van der Waals surface area contributed by atoms with Crippen molar-refractivity contribution in [2.75, 3.05) is 6.61 Å². The zero-order valence-electron chi connectivity index (χ0n) is 8.03. The molecule has 1 aromatic carbocycles. The highest BCUT2D eigenvalue weighted by atomic mass is 79.9. The lowest BCUT2D eigenvalue weighted by Gasteiger charge is -2.04. The predicted octanol–water partition coefficient (Wildman–Crippen LogP) is 3.40. The Labute approximate surface area is 91.6 Å². The normalized spacial score (nSPS) is 11.0. The molecule has 0 amide bonds. The molecule has 2 rings (SSSR count). The van der Waals surface area contributed by atoms with E-state index < -0.39 is 0 Å². The van der Waals surface area contributed by atoms with E-state index in [2.05, 4.69) is 38.7 Å². The van der Waals surface area contributed by atoms with Gasteiger partial charge in [-0.05, 0) is 31.2 Å². The second-order valence-corrected chi connectivity index (χ2v) is 4.03. The van der Waals surface area contributed by atoms with E-state index in [1.54, 1.807) is 0 Å². The third-order valence-corrected chi connectivity index (χ3v) is 2.66. The topological polar surface area (TPSA) is 14.2 Å². The van der Waals surface area contributed by atoms with Crippen molar-refractivity contribution in [3.63, 3.8) is 0 Å². The van der Waals surface area contributed by atoms with Crippen LogP contribution in [0.25, 0.3) is 10.9 Å². The monoisotopic (exact) mass is 253 g/mol. The Kier molecular flexibility index (Phi) is 2.89. The number of fused-ring (bicyclic) bond motifs is 1. The molecule has 0 N–H and O–H groups in total. The van der Waals surface area contributed by atoms with Crippen LogP contribution in [0.2, 0.25) is 0 Å². The minimum absolute atomic E-state index is 0.627. The SMILES string of the molecule is CCOCn1ccc2cc(Br)ccc21. The third kappa shape index (κ3) is 1.83. The number of halogens is 1. The first-order chi connectivity index (χ1) is 6.81. The van der Waals surface area contributed by atoms with Gasteiger partial charge in [0.05, 0.1) is 5.52 Å². The van der Waals surface area contributed by atoms with Crippen molar-refractivity contribution in [1.29, 1.82) is 0 Å². The average molecular weight is 254 g/mol. The van der Waals surface area contributed by atoms with Crippen molar-refractivity contribution in [1.82, 2.24) is 4.57 Å². The van der Waals surface area contributed by atoms with E-state index in [4.69, 9.17) is 4.74 Å². The van der Waals surface area contributed by atoms with Gasteiger partial charge in [-0.25, -0.2) is 0 Å². The molecule has 0 spiro atoms. The van der Waals surface area contributed by atoms with Gasteiger partial charge in [0.1, 0.15) is 6.73 Å². The summed E-state index contributed by atoms with van der Waals surface area (Å²) in [5, 5.41) is 1.24. The molecule has 0 aliphatic rings. The first-order valence-corrected chi connectivity index (χ1v) is 5.42. The van der Waals surface area contributed by atoms with Crippen LogP contribution in [-0.4, -0.2) is 11.2 Å². The zero-order chi connectivity index (χ0) is 9.97. The maximum absolute atomic E-state index is 5.37. The lowest BCUT2D eigenvalue weighted by atomic mass is 10.2. The molecule has 3 heteroatoms. The van der Waals surface area contributed by atoms with Crippen LogP contribution >= 0.6 is 15.9 Å². The average Bonchev–Trinajstić information content (AvgIpc) is 2.57. The van der Waals surface area contributed by atoms with Gasteiger partial charge >= 0.3 is 0 Å². The van der Waals surface area contributed by atoms with E-state index in [0.717, 1.165) is 11.1 Å². The lowest BCUT2D eigenvalue weighted by molar-refractivity contribution is 0.0909. The second-order valence-electron chi connectivity index (χ2n) is 3.11. The molecule has 2 aromatic rings. The van der Waals surface area contributed by atoms with Crippen molar-refractivity contribution in [3.05, 3.63) is 34.9 Å². The van der Waals surface area contributed by atoms with Gasteiger partial charge in [0.2, 0.25) is 0 Å². The van der Waals surface area contributed by atoms with E-state index in [0.29, 0.717) is 6.73 Å². The Hall–Kier alpha value is -0.800. The maximum Gasteiger partial charge on any atom is 0.122 e. The molecule has 74 valence electrons. The molecule has 1 aromatic heterocycles. The highest BCUT2D eigenvalue weighted by molar-refractivity contribution is 9.10. The molecule has 2 nitrogen and oxygen atoms in total. The molecule has 0 aliphatic heterocycles. The fourth-order valence-electron chi connectivity index (χ4n) is 1.47. The Morgan fingerprint density at radius 3 is 3.00 bits per heavy atom. The van der Waals surface area contributed by atoms with Crippen LogP contribution in [0.5, 0.6) is 0 Å². The number of benzene rings is 1. The summed E-state index contributed by atoms with van der Waals surface area (Å²) in [5.74, 6) is 0. The van der Waals surface area contributed by atoms with Gasteiger partial charge in [0.15, 0.2) is 0 Å². The second kappa shape index (κ2) is 4.15. The van der Waals surface area contributed by atoms with E-state index in [9.17, 15) is 0 Å². The summed E-state index contributed by atoms with van der Waals surface area (Å²) in [6, 6.07) is 8.35. The number of ether oxygens (including phenoxy) is 1. The largest absolute Gasteiger partial charge is 0.361 e. The molecular formula is C11H12BrNO. The molecule has 1 heterocycles. The molecule has 0 unspecified atom stereocenters. The lowest BCUT2D eigenvalue weighted by Crippen LogP contribution is -1.99. The zero-order valence-corrected chi connectivity index (χ0v) is 9.62. The molecule has 14 heavy (non-hydrogen) atoms. The number of rotatable bonds is 3. The highest BCUT2D eigenvalue weighted by Gasteiger charge is 2.00. The number of aromatic nitrogens is 1.